The Balaban J connectivity index is -0.0000000393. The summed E-state index contributed by atoms with van der Waals surface area (Å²) in [4.78, 5) is 0. The van der Waals surface area contributed by atoms with Crippen molar-refractivity contribution in [3.8, 4) is 0 Å². The highest BCUT2D eigenvalue weighted by atomic mass is 32.1. The van der Waals surface area contributed by atoms with Gasteiger partial charge in [-0.3, -0.25) is 0 Å². The fourth-order valence-corrected chi connectivity index (χ4v) is 1.35. The molecule has 0 spiro atoms. The molecule has 1 rings (SSSR count). The summed E-state index contributed by atoms with van der Waals surface area (Å²) in [6.45, 7) is 5.27. The number of para-hydroxylation sites is 1. The first kappa shape index (κ1) is 25.9. The number of nitrogens with two attached hydrogens (primary N) is 2. The van der Waals surface area contributed by atoms with E-state index in [0.29, 0.717) is 0 Å². The van der Waals surface area contributed by atoms with Crippen molar-refractivity contribution < 1.29 is 13.8 Å². The van der Waals surface area contributed by atoms with Crippen molar-refractivity contribution in [3.05, 3.63) is 30.3 Å². The summed E-state index contributed by atoms with van der Waals surface area (Å²) in [5.41, 5.74) is 11.6. The SMILES string of the molecule is CCC[C@H](CC)CN.Nc1ccccc1.O.O.S.[HH].[HH]. The Morgan fingerprint density at radius 3 is 1.78 bits per heavy atom. The molecule has 0 aliphatic carbocycles. The average Bonchev–Trinajstić information content (AvgIpc) is 2.28. The summed E-state index contributed by atoms with van der Waals surface area (Å²) in [6.07, 6.45) is 3.81. The van der Waals surface area contributed by atoms with Crippen LogP contribution in [0.2, 0.25) is 0 Å². The standard InChI is InChI=1S/C7H17N.C6H7N.2H2O.H2S.2H2/c1-3-5-7(4-2)6-8;7-6-4-2-1-3-5-6;;;;;/h7H,3-6,8H2,1-2H3;1-5H,7H2;3*1H2;2*1H/t7-;;;;;;/m0....../s1. The molecule has 0 saturated carbocycles. The molecule has 0 saturated heterocycles. The van der Waals surface area contributed by atoms with E-state index in [0.717, 1.165) is 18.2 Å². The number of anilines is 1. The van der Waals surface area contributed by atoms with Gasteiger partial charge in [-0.05, 0) is 31.0 Å². The van der Waals surface area contributed by atoms with E-state index in [9.17, 15) is 0 Å². The lowest BCUT2D eigenvalue weighted by molar-refractivity contribution is 0.475. The molecule has 0 aliphatic rings. The van der Waals surface area contributed by atoms with Crippen molar-refractivity contribution in [2.24, 2.45) is 11.7 Å². The second-order valence-corrected chi connectivity index (χ2v) is 3.71. The van der Waals surface area contributed by atoms with Gasteiger partial charge >= 0.3 is 0 Å². The minimum absolute atomic E-state index is 0. The normalized spacial score (nSPS) is 9.50. The predicted molar refractivity (Wildman–Crippen MR) is 90.4 cm³/mol. The van der Waals surface area contributed by atoms with E-state index in [4.69, 9.17) is 11.5 Å². The van der Waals surface area contributed by atoms with Gasteiger partial charge in [-0.2, -0.15) is 13.5 Å². The molecule has 5 heteroatoms. The van der Waals surface area contributed by atoms with Crippen LogP contribution in [-0.4, -0.2) is 17.5 Å². The maximum atomic E-state index is 5.47. The van der Waals surface area contributed by atoms with E-state index in [-0.39, 0.29) is 27.3 Å². The zero-order chi connectivity index (χ0) is 11.5. The number of rotatable bonds is 4. The molecule has 1 aromatic rings. The number of hydrogen-bond acceptors (Lipinski definition) is 2. The zero-order valence-electron chi connectivity index (χ0n) is 11.4. The minimum Gasteiger partial charge on any atom is -0.412 e. The van der Waals surface area contributed by atoms with E-state index in [1.807, 2.05) is 30.3 Å². The van der Waals surface area contributed by atoms with Crippen LogP contribution in [0.5, 0.6) is 0 Å². The largest absolute Gasteiger partial charge is 0.412 e. The molecular weight excluding hydrogens is 248 g/mol. The van der Waals surface area contributed by atoms with Gasteiger partial charge in [0.2, 0.25) is 0 Å². The van der Waals surface area contributed by atoms with E-state index in [1.165, 1.54) is 19.3 Å². The Hall–Kier alpha value is -0.750. The van der Waals surface area contributed by atoms with Crippen LogP contribution >= 0.6 is 13.5 Å². The van der Waals surface area contributed by atoms with Crippen molar-refractivity contribution in [2.75, 3.05) is 12.3 Å². The smallest absolute Gasteiger partial charge is 0.0313 e. The van der Waals surface area contributed by atoms with E-state index < -0.39 is 0 Å². The van der Waals surface area contributed by atoms with Crippen LogP contribution < -0.4 is 11.5 Å². The van der Waals surface area contributed by atoms with Crippen molar-refractivity contribution in [1.82, 2.24) is 0 Å². The summed E-state index contributed by atoms with van der Waals surface area (Å²) in [6, 6.07) is 9.49. The molecule has 0 bridgehead atoms. The molecule has 0 heterocycles. The molecule has 8 N–H and O–H groups in total. The summed E-state index contributed by atoms with van der Waals surface area (Å²) >= 11 is 0. The third kappa shape index (κ3) is 15.2. The minimum atomic E-state index is 0. The van der Waals surface area contributed by atoms with Gasteiger partial charge in [-0.1, -0.05) is 44.9 Å². The van der Waals surface area contributed by atoms with Crippen LogP contribution in [0.3, 0.4) is 0 Å². The van der Waals surface area contributed by atoms with Crippen LogP contribution in [0.25, 0.3) is 0 Å². The molecule has 0 fully saturated rings. The Morgan fingerprint density at radius 2 is 1.61 bits per heavy atom. The quantitative estimate of drug-likeness (QED) is 0.822. The van der Waals surface area contributed by atoms with Crippen molar-refractivity contribution >= 4 is 19.2 Å². The third-order valence-electron chi connectivity index (χ3n) is 2.41. The maximum absolute atomic E-state index is 5.47. The second-order valence-electron chi connectivity index (χ2n) is 3.71. The van der Waals surface area contributed by atoms with E-state index in [1.54, 1.807) is 0 Å². The summed E-state index contributed by atoms with van der Waals surface area (Å²) in [5.74, 6) is 0.778. The summed E-state index contributed by atoms with van der Waals surface area (Å²) in [7, 11) is 0. The molecule has 1 atom stereocenters. The fraction of sp³-hybridized carbons (Fsp3) is 0.538. The maximum Gasteiger partial charge on any atom is 0.0313 e. The van der Waals surface area contributed by atoms with Gasteiger partial charge < -0.3 is 22.4 Å². The van der Waals surface area contributed by atoms with Crippen molar-refractivity contribution in [3.63, 3.8) is 0 Å². The first-order chi connectivity index (χ1) is 7.24. The molecule has 0 aromatic heterocycles. The van der Waals surface area contributed by atoms with E-state index >= 15 is 0 Å². The van der Waals surface area contributed by atoms with Gasteiger partial charge in [0.1, 0.15) is 0 Å². The van der Waals surface area contributed by atoms with Gasteiger partial charge in [0.05, 0.1) is 0 Å². The molecular formula is C13H34N2O2S. The molecule has 0 aliphatic heterocycles. The van der Waals surface area contributed by atoms with Crippen LogP contribution in [-0.2, 0) is 0 Å². The van der Waals surface area contributed by atoms with Crippen LogP contribution in [0.4, 0.5) is 5.69 Å². The lowest BCUT2D eigenvalue weighted by atomic mass is 10.0. The van der Waals surface area contributed by atoms with Gasteiger partial charge in [0, 0.05) is 8.54 Å². The Morgan fingerprint density at radius 1 is 1.11 bits per heavy atom. The first-order valence-corrected chi connectivity index (χ1v) is 5.75. The fourth-order valence-electron chi connectivity index (χ4n) is 1.35. The highest BCUT2D eigenvalue weighted by Gasteiger charge is 1.99. The average molecular weight is 282 g/mol. The molecule has 1 aromatic carbocycles. The number of nitrogen functional groups attached to an aromatic ring is 1. The third-order valence-corrected chi connectivity index (χ3v) is 2.41. The second kappa shape index (κ2) is 18.6. The van der Waals surface area contributed by atoms with Crippen LogP contribution in [0, 0.1) is 5.92 Å². The Kier molecular flexibility index (Phi) is 26.8. The van der Waals surface area contributed by atoms with E-state index in [2.05, 4.69) is 13.8 Å². The van der Waals surface area contributed by atoms with Crippen LogP contribution in [0.1, 0.15) is 36.0 Å². The number of benzene rings is 1. The first-order valence-electron chi connectivity index (χ1n) is 5.75. The Labute approximate surface area is 121 Å². The number of hydrogen-bond donors (Lipinski definition) is 2. The molecule has 0 radical (unpaired) electrons. The molecule has 0 unspecified atom stereocenters. The molecule has 18 heavy (non-hydrogen) atoms. The summed E-state index contributed by atoms with van der Waals surface area (Å²) in [5, 5.41) is 0. The van der Waals surface area contributed by atoms with Crippen molar-refractivity contribution in [2.45, 2.75) is 33.1 Å². The van der Waals surface area contributed by atoms with Crippen molar-refractivity contribution in [1.29, 1.82) is 0 Å². The summed E-state index contributed by atoms with van der Waals surface area (Å²) < 4.78 is 0. The molecule has 0 amide bonds. The lowest BCUT2D eigenvalue weighted by Gasteiger charge is -2.08. The van der Waals surface area contributed by atoms with Gasteiger partial charge in [0.15, 0.2) is 0 Å². The molecule has 114 valence electrons. The lowest BCUT2D eigenvalue weighted by Crippen LogP contribution is -2.12. The Bertz CT molecular complexity index is 241. The monoisotopic (exact) mass is 282 g/mol. The highest BCUT2D eigenvalue weighted by Crippen LogP contribution is 2.07. The topological polar surface area (TPSA) is 115 Å². The predicted octanol–water partition coefficient (Wildman–Crippen LogP) is 2.00. The zero-order valence-corrected chi connectivity index (χ0v) is 12.4. The highest BCUT2D eigenvalue weighted by molar-refractivity contribution is 7.59. The van der Waals surface area contributed by atoms with Gasteiger partial charge in [-0.15, -0.1) is 0 Å². The van der Waals surface area contributed by atoms with Crippen LogP contribution in [0.15, 0.2) is 30.3 Å². The molecule has 4 nitrogen and oxygen atoms in total. The van der Waals surface area contributed by atoms with Gasteiger partial charge in [-0.25, -0.2) is 0 Å². The van der Waals surface area contributed by atoms with Gasteiger partial charge in [0.25, 0.3) is 0 Å².